The summed E-state index contributed by atoms with van der Waals surface area (Å²) >= 11 is 1.19. The normalized spacial score (nSPS) is 25.6. The number of amides is 3. The van der Waals surface area contributed by atoms with Gasteiger partial charge in [0, 0.05) is 73.0 Å². The van der Waals surface area contributed by atoms with Gasteiger partial charge in [-0.25, -0.2) is 9.06 Å². The number of likely N-dealkylation sites (tertiary alicyclic amines) is 1. The van der Waals surface area contributed by atoms with Crippen molar-refractivity contribution < 1.29 is 42.5 Å². The Morgan fingerprint density at radius 1 is 1.05 bits per heavy atom. The van der Waals surface area contributed by atoms with Gasteiger partial charge in [0.05, 0.1) is 18.1 Å². The van der Waals surface area contributed by atoms with Gasteiger partial charge in [0.15, 0.2) is 0 Å². The van der Waals surface area contributed by atoms with Crippen LogP contribution in [0.3, 0.4) is 0 Å². The predicted octanol–water partition coefficient (Wildman–Crippen LogP) is 7.07. The van der Waals surface area contributed by atoms with E-state index in [1.165, 1.54) is 30.4 Å². The van der Waals surface area contributed by atoms with Gasteiger partial charge in [-0.15, -0.1) is 11.3 Å². The zero-order chi connectivity index (χ0) is 44.0. The highest BCUT2D eigenvalue weighted by atomic mass is 32.1. The molecule has 0 unspecified atom stereocenters. The van der Waals surface area contributed by atoms with E-state index in [1.54, 1.807) is 60.5 Å². The molecule has 14 nitrogen and oxygen atoms in total. The number of alkyl halides is 1. The Kier molecular flexibility index (Phi) is 12.3. The van der Waals surface area contributed by atoms with Crippen LogP contribution in [0.15, 0.2) is 73.1 Å². The molecule has 5 fully saturated rings. The van der Waals surface area contributed by atoms with Gasteiger partial charge in [0.2, 0.25) is 17.7 Å². The minimum absolute atomic E-state index is 0.0129. The van der Waals surface area contributed by atoms with Gasteiger partial charge in [-0.3, -0.25) is 28.7 Å². The number of aromatic nitrogens is 1. The number of carboxylic acid groups (broad SMARTS) is 1. The number of aliphatic carboxylic acids is 1. The molecule has 9 rings (SSSR count). The van der Waals surface area contributed by atoms with Crippen molar-refractivity contribution in [2.75, 3.05) is 50.8 Å². The van der Waals surface area contributed by atoms with Gasteiger partial charge < -0.3 is 34.4 Å². The van der Waals surface area contributed by atoms with Crippen LogP contribution in [-0.4, -0.2) is 118 Å². The number of anilines is 1. The first kappa shape index (κ1) is 43.4. The zero-order valence-corrected chi connectivity index (χ0v) is 37.2. The van der Waals surface area contributed by atoms with E-state index in [4.69, 9.17) is 9.26 Å². The molecule has 4 aliphatic heterocycles. The molecule has 1 saturated carbocycles. The Morgan fingerprint density at radius 3 is 2.56 bits per heavy atom. The Bertz CT molecular complexity index is 2410. The fourth-order valence-corrected chi connectivity index (χ4v) is 13.5. The van der Waals surface area contributed by atoms with Gasteiger partial charge in [-0.2, -0.15) is 0 Å². The molecule has 3 amide bonds. The SMILES string of the molecule is CCCN([C@@H](C)C(=O)O)[P@](=O)(Oc1ccccc1)[C@H](F)c1ccc2sc(C(=O)N[C@H]3C[C@H]4C[C@H]4C[C@H]4CC[C@@H](C(=O)N5CC(c6cnccc6N6CCOCC6)C5)N4C3=O)cc2c1. The maximum Gasteiger partial charge on any atom is 0.358 e. The van der Waals surface area contributed by atoms with Crippen molar-refractivity contribution in [3.8, 4) is 5.75 Å². The van der Waals surface area contributed by atoms with Crippen LogP contribution in [0.4, 0.5) is 10.1 Å². The third kappa shape index (κ3) is 8.59. The number of carbonyl (C=O) groups excluding carboxylic acids is 3. The van der Waals surface area contributed by atoms with Crippen molar-refractivity contribution in [1.29, 1.82) is 0 Å². The Hall–Kier alpha value is -4.89. The highest BCUT2D eigenvalue weighted by Crippen LogP contribution is 2.64. The van der Waals surface area contributed by atoms with Crippen LogP contribution >= 0.6 is 18.9 Å². The van der Waals surface area contributed by atoms with Crippen LogP contribution in [0.2, 0.25) is 0 Å². The predicted molar refractivity (Wildman–Crippen MR) is 237 cm³/mol. The molecule has 8 atom stereocenters. The second-order valence-electron chi connectivity index (χ2n) is 17.6. The molecule has 4 aromatic rings. The minimum Gasteiger partial charge on any atom is -0.480 e. The number of benzene rings is 2. The molecule has 334 valence electrons. The lowest BCUT2D eigenvalue weighted by atomic mass is 9.90. The molecule has 0 spiro atoms. The maximum atomic E-state index is 16.9. The Morgan fingerprint density at radius 2 is 1.81 bits per heavy atom. The lowest BCUT2D eigenvalue weighted by Gasteiger charge is -2.44. The summed E-state index contributed by atoms with van der Waals surface area (Å²) in [7, 11) is -4.54. The van der Waals surface area contributed by atoms with Gasteiger partial charge in [-0.1, -0.05) is 31.2 Å². The highest BCUT2D eigenvalue weighted by Gasteiger charge is 2.53. The number of nitrogens with zero attached hydrogens (tertiary/aromatic N) is 5. The van der Waals surface area contributed by atoms with E-state index in [0.29, 0.717) is 72.4 Å². The summed E-state index contributed by atoms with van der Waals surface area (Å²) in [5.74, 6) is -3.13. The smallest absolute Gasteiger partial charge is 0.358 e. The fraction of sp³-hybridized carbons (Fsp3) is 0.500. The number of para-hydroxylation sites is 1. The number of morpholine rings is 1. The number of halogens is 1. The van der Waals surface area contributed by atoms with E-state index in [2.05, 4.69) is 15.2 Å². The number of hydrogen-bond acceptors (Lipinski definition) is 10. The number of hydrogen-bond donors (Lipinski definition) is 2. The largest absolute Gasteiger partial charge is 0.480 e. The van der Waals surface area contributed by atoms with Crippen molar-refractivity contribution in [2.24, 2.45) is 11.8 Å². The molecule has 0 bridgehead atoms. The second-order valence-corrected chi connectivity index (χ2v) is 21.0. The van der Waals surface area contributed by atoms with E-state index >= 15 is 4.39 Å². The summed E-state index contributed by atoms with van der Waals surface area (Å²) in [6.07, 6.45) is 7.79. The van der Waals surface area contributed by atoms with Gasteiger partial charge in [-0.05, 0) is 105 Å². The van der Waals surface area contributed by atoms with Crippen molar-refractivity contribution in [3.05, 3.63) is 89.1 Å². The van der Waals surface area contributed by atoms with E-state index < -0.39 is 43.4 Å². The Balaban J connectivity index is 0.908. The second kappa shape index (κ2) is 17.9. The molecule has 5 aliphatic rings. The average molecular weight is 901 g/mol. The third-order valence-electron chi connectivity index (χ3n) is 13.6. The Labute approximate surface area is 370 Å². The minimum atomic E-state index is -4.54. The molecule has 63 heavy (non-hydrogen) atoms. The van der Waals surface area contributed by atoms with Gasteiger partial charge >= 0.3 is 13.5 Å². The van der Waals surface area contributed by atoms with E-state index in [-0.39, 0.29) is 41.6 Å². The molecule has 1 aliphatic carbocycles. The first-order chi connectivity index (χ1) is 30.4. The molecule has 17 heteroatoms. The average Bonchev–Trinajstić information content (AvgIpc) is 3.62. The fourth-order valence-electron chi connectivity index (χ4n) is 10.0. The number of pyridine rings is 1. The van der Waals surface area contributed by atoms with Crippen LogP contribution in [0.5, 0.6) is 5.75 Å². The molecule has 4 saturated heterocycles. The number of carboxylic acids is 1. The van der Waals surface area contributed by atoms with E-state index in [1.807, 2.05) is 17.2 Å². The number of carbonyl (C=O) groups is 4. The number of rotatable bonds is 14. The van der Waals surface area contributed by atoms with Crippen molar-refractivity contribution in [1.82, 2.24) is 24.8 Å². The van der Waals surface area contributed by atoms with Crippen molar-refractivity contribution in [3.63, 3.8) is 0 Å². The molecule has 0 radical (unpaired) electrons. The van der Waals surface area contributed by atoms with Crippen molar-refractivity contribution >= 4 is 58.3 Å². The molecular weight excluding hydrogens is 847 g/mol. The third-order valence-corrected chi connectivity index (χ3v) is 17.3. The molecule has 2 N–H and O–H groups in total. The van der Waals surface area contributed by atoms with Crippen LogP contribution in [0.25, 0.3) is 10.1 Å². The molecule has 2 aromatic heterocycles. The summed E-state index contributed by atoms with van der Waals surface area (Å²) in [5, 5.41) is 13.5. The standard InChI is InChI=1S/C46H54FN6O8PS/c1-3-15-52(28(2)46(57)58)62(59,61-35-7-5-4-6-8-35)42(47)29-9-12-40-32(20-29)24-41(63-40)43(54)49-37-23-31-21-30(31)22-34-10-11-39(53(34)44(37)55)45(56)51-26-33(27-51)36-25-48-14-13-38(36)50-16-18-60-19-17-50/h4-9,12-14,20,24-25,28,30-31,33-34,37,39,42H,3,10-11,15-19,21-23,26-27H2,1-2H3,(H,49,54)(H,57,58)/t28-,30-,31+,34+,37-,39-,42-,62+/m0/s1. The molecule has 6 heterocycles. The molecular formula is C46H54FN6O8PS. The quantitative estimate of drug-likeness (QED) is 0.125. The first-order valence-corrected chi connectivity index (χ1v) is 24.6. The summed E-state index contributed by atoms with van der Waals surface area (Å²) in [6.45, 7) is 7.23. The summed E-state index contributed by atoms with van der Waals surface area (Å²) in [6, 6.07) is 13.7. The number of fused-ring (bicyclic) bond motifs is 3. The van der Waals surface area contributed by atoms with Crippen LogP contribution in [0.1, 0.15) is 85.0 Å². The number of thiophene rings is 1. The lowest BCUT2D eigenvalue weighted by molar-refractivity contribution is -0.149. The monoisotopic (exact) mass is 900 g/mol. The topological polar surface area (TPSA) is 162 Å². The first-order valence-electron chi connectivity index (χ1n) is 22.1. The van der Waals surface area contributed by atoms with Crippen LogP contribution < -0.4 is 14.7 Å². The summed E-state index contributed by atoms with van der Waals surface area (Å²) < 4.78 is 45.0. The van der Waals surface area contributed by atoms with E-state index in [9.17, 15) is 28.8 Å². The summed E-state index contributed by atoms with van der Waals surface area (Å²) in [5.41, 5.74) is 2.28. The highest BCUT2D eigenvalue weighted by molar-refractivity contribution is 7.57. The number of nitrogens with one attached hydrogen (secondary N) is 1. The number of ether oxygens (including phenoxy) is 1. The van der Waals surface area contributed by atoms with Crippen molar-refractivity contribution in [2.45, 2.75) is 88.4 Å². The zero-order valence-electron chi connectivity index (χ0n) is 35.5. The molecule has 2 aromatic carbocycles. The lowest BCUT2D eigenvalue weighted by Crippen LogP contribution is -2.59. The van der Waals surface area contributed by atoms with Crippen LogP contribution in [-0.2, 0) is 23.7 Å². The van der Waals surface area contributed by atoms with Gasteiger partial charge in [0.1, 0.15) is 23.9 Å². The van der Waals surface area contributed by atoms with E-state index in [0.717, 1.165) is 48.3 Å². The van der Waals surface area contributed by atoms with Crippen LogP contribution in [0, 0.1) is 11.8 Å². The van der Waals surface area contributed by atoms with Gasteiger partial charge in [0.25, 0.3) is 5.91 Å². The maximum absolute atomic E-state index is 16.9. The summed E-state index contributed by atoms with van der Waals surface area (Å²) in [4.78, 5) is 65.7.